The largest absolute Gasteiger partial charge is 0.355 e. The summed E-state index contributed by atoms with van der Waals surface area (Å²) in [6.45, 7) is 2.13. The standard InChI is InChI=1S/C19H17BrN2/c1-12-5-10-18-16(11-12)19(15-3-2-4-17(15)22-18)21-14-8-6-13(20)7-9-14/h5-11H,2-4H2,1H3,(H,21,22). The van der Waals surface area contributed by atoms with E-state index in [1.807, 2.05) is 0 Å². The van der Waals surface area contributed by atoms with Crippen LogP contribution in [0.2, 0.25) is 0 Å². The first-order valence-corrected chi connectivity index (χ1v) is 8.45. The van der Waals surface area contributed by atoms with Crippen LogP contribution in [0, 0.1) is 6.92 Å². The van der Waals surface area contributed by atoms with Crippen LogP contribution in [0.25, 0.3) is 10.9 Å². The van der Waals surface area contributed by atoms with E-state index in [0.717, 1.165) is 28.5 Å². The Labute approximate surface area is 138 Å². The maximum atomic E-state index is 4.87. The monoisotopic (exact) mass is 352 g/mol. The molecular formula is C19H17BrN2. The lowest BCUT2D eigenvalue weighted by Gasteiger charge is -2.15. The number of fused-ring (bicyclic) bond motifs is 2. The highest BCUT2D eigenvalue weighted by Gasteiger charge is 2.19. The molecule has 0 saturated heterocycles. The van der Waals surface area contributed by atoms with E-state index in [-0.39, 0.29) is 0 Å². The second kappa shape index (κ2) is 5.40. The third-order valence-corrected chi connectivity index (χ3v) is 4.81. The van der Waals surface area contributed by atoms with E-state index in [1.54, 1.807) is 0 Å². The molecule has 1 aliphatic carbocycles. The van der Waals surface area contributed by atoms with Crippen LogP contribution in [0.15, 0.2) is 46.9 Å². The second-order valence-electron chi connectivity index (χ2n) is 5.92. The molecule has 1 aromatic heterocycles. The Morgan fingerprint density at radius 1 is 1.05 bits per heavy atom. The fraction of sp³-hybridized carbons (Fsp3) is 0.211. The van der Waals surface area contributed by atoms with Crippen molar-refractivity contribution in [2.45, 2.75) is 26.2 Å². The van der Waals surface area contributed by atoms with Gasteiger partial charge in [-0.05, 0) is 68.1 Å². The fourth-order valence-corrected chi connectivity index (χ4v) is 3.46. The van der Waals surface area contributed by atoms with Gasteiger partial charge in [-0.15, -0.1) is 0 Å². The van der Waals surface area contributed by atoms with Gasteiger partial charge < -0.3 is 5.32 Å². The molecule has 2 nitrogen and oxygen atoms in total. The first-order valence-electron chi connectivity index (χ1n) is 7.65. The summed E-state index contributed by atoms with van der Waals surface area (Å²) in [5, 5.41) is 4.87. The predicted molar refractivity (Wildman–Crippen MR) is 95.9 cm³/mol. The van der Waals surface area contributed by atoms with Crippen molar-refractivity contribution in [1.29, 1.82) is 0 Å². The molecule has 22 heavy (non-hydrogen) atoms. The van der Waals surface area contributed by atoms with Crippen molar-refractivity contribution in [3.8, 4) is 0 Å². The van der Waals surface area contributed by atoms with Crippen molar-refractivity contribution >= 4 is 38.2 Å². The Morgan fingerprint density at radius 3 is 2.68 bits per heavy atom. The van der Waals surface area contributed by atoms with Gasteiger partial charge >= 0.3 is 0 Å². The van der Waals surface area contributed by atoms with Gasteiger partial charge in [-0.2, -0.15) is 0 Å². The van der Waals surface area contributed by atoms with Gasteiger partial charge in [0.1, 0.15) is 0 Å². The minimum Gasteiger partial charge on any atom is -0.355 e. The third kappa shape index (κ3) is 2.40. The van der Waals surface area contributed by atoms with Crippen molar-refractivity contribution in [3.05, 3.63) is 63.8 Å². The molecule has 2 aromatic carbocycles. The van der Waals surface area contributed by atoms with Gasteiger partial charge in [-0.3, -0.25) is 4.98 Å². The summed E-state index contributed by atoms with van der Waals surface area (Å²) in [5.74, 6) is 0. The molecule has 110 valence electrons. The zero-order chi connectivity index (χ0) is 15.1. The minimum atomic E-state index is 1.09. The Bertz CT molecular complexity index is 853. The van der Waals surface area contributed by atoms with Crippen LogP contribution in [-0.2, 0) is 12.8 Å². The van der Waals surface area contributed by atoms with Crippen molar-refractivity contribution in [3.63, 3.8) is 0 Å². The Balaban J connectivity index is 1.90. The molecule has 0 atom stereocenters. The van der Waals surface area contributed by atoms with Crippen LogP contribution in [0.1, 0.15) is 23.2 Å². The van der Waals surface area contributed by atoms with E-state index in [9.17, 15) is 0 Å². The number of nitrogens with zero attached hydrogens (tertiary/aromatic N) is 1. The molecular weight excluding hydrogens is 336 g/mol. The van der Waals surface area contributed by atoms with Crippen molar-refractivity contribution in [1.82, 2.24) is 4.98 Å². The van der Waals surface area contributed by atoms with Gasteiger partial charge in [-0.25, -0.2) is 0 Å². The average Bonchev–Trinajstić information content (AvgIpc) is 2.98. The van der Waals surface area contributed by atoms with Gasteiger partial charge in [0.2, 0.25) is 0 Å². The summed E-state index contributed by atoms with van der Waals surface area (Å²) >= 11 is 3.49. The van der Waals surface area contributed by atoms with E-state index >= 15 is 0 Å². The molecule has 0 fully saturated rings. The molecule has 3 aromatic rings. The van der Waals surface area contributed by atoms with Gasteiger partial charge in [0.05, 0.1) is 11.2 Å². The van der Waals surface area contributed by atoms with E-state index in [1.165, 1.54) is 34.3 Å². The van der Waals surface area contributed by atoms with E-state index < -0.39 is 0 Å². The fourth-order valence-electron chi connectivity index (χ4n) is 3.20. The molecule has 0 aliphatic heterocycles. The molecule has 1 aliphatic rings. The third-order valence-electron chi connectivity index (χ3n) is 4.28. The molecule has 0 radical (unpaired) electrons. The summed E-state index contributed by atoms with van der Waals surface area (Å²) in [7, 11) is 0. The molecule has 0 bridgehead atoms. The minimum absolute atomic E-state index is 1.09. The van der Waals surface area contributed by atoms with Crippen molar-refractivity contribution in [2.75, 3.05) is 5.32 Å². The van der Waals surface area contributed by atoms with Crippen LogP contribution in [0.5, 0.6) is 0 Å². The number of hydrogen-bond acceptors (Lipinski definition) is 2. The van der Waals surface area contributed by atoms with Crippen LogP contribution in [0.4, 0.5) is 11.4 Å². The molecule has 0 saturated carbocycles. The predicted octanol–water partition coefficient (Wildman–Crippen LogP) is 5.54. The van der Waals surface area contributed by atoms with Gasteiger partial charge in [0, 0.05) is 21.2 Å². The maximum Gasteiger partial charge on any atom is 0.0726 e. The van der Waals surface area contributed by atoms with Gasteiger partial charge in [0.15, 0.2) is 0 Å². The van der Waals surface area contributed by atoms with Crippen molar-refractivity contribution < 1.29 is 0 Å². The molecule has 0 unspecified atom stereocenters. The van der Waals surface area contributed by atoms with Crippen molar-refractivity contribution in [2.24, 2.45) is 0 Å². The number of hydrogen-bond donors (Lipinski definition) is 1. The molecule has 3 heteroatoms. The molecule has 0 amide bonds. The highest BCUT2D eigenvalue weighted by molar-refractivity contribution is 9.10. The van der Waals surface area contributed by atoms with Crippen LogP contribution < -0.4 is 5.32 Å². The molecule has 0 spiro atoms. The summed E-state index contributed by atoms with van der Waals surface area (Å²) in [4.78, 5) is 4.87. The lowest BCUT2D eigenvalue weighted by Crippen LogP contribution is -2.00. The second-order valence-corrected chi connectivity index (χ2v) is 6.83. The normalized spacial score (nSPS) is 13.4. The number of aromatic nitrogens is 1. The zero-order valence-corrected chi connectivity index (χ0v) is 14.1. The number of anilines is 2. The number of nitrogens with one attached hydrogen (secondary N) is 1. The summed E-state index contributed by atoms with van der Waals surface area (Å²) in [6.07, 6.45) is 3.41. The SMILES string of the molecule is Cc1ccc2nc3c(c(Nc4ccc(Br)cc4)c2c1)CCC3. The lowest BCUT2D eigenvalue weighted by molar-refractivity contribution is 0.901. The highest BCUT2D eigenvalue weighted by atomic mass is 79.9. The quantitative estimate of drug-likeness (QED) is 0.654. The Kier molecular flexibility index (Phi) is 3.38. The zero-order valence-electron chi connectivity index (χ0n) is 12.5. The van der Waals surface area contributed by atoms with E-state index in [2.05, 4.69) is 70.6 Å². The maximum absolute atomic E-state index is 4.87. The van der Waals surface area contributed by atoms with Crippen LogP contribution >= 0.6 is 15.9 Å². The molecule has 1 N–H and O–H groups in total. The topological polar surface area (TPSA) is 24.9 Å². The molecule has 4 rings (SSSR count). The van der Waals surface area contributed by atoms with Crippen LogP contribution in [0.3, 0.4) is 0 Å². The average molecular weight is 353 g/mol. The molecule has 1 heterocycles. The number of pyridine rings is 1. The van der Waals surface area contributed by atoms with E-state index in [4.69, 9.17) is 4.98 Å². The number of halogens is 1. The smallest absolute Gasteiger partial charge is 0.0726 e. The van der Waals surface area contributed by atoms with Crippen LogP contribution in [-0.4, -0.2) is 4.98 Å². The van der Waals surface area contributed by atoms with Gasteiger partial charge in [-0.1, -0.05) is 27.6 Å². The first kappa shape index (κ1) is 13.8. The van der Waals surface area contributed by atoms with E-state index in [0.29, 0.717) is 0 Å². The number of benzene rings is 2. The Hall–Kier alpha value is -1.87. The lowest BCUT2D eigenvalue weighted by atomic mass is 10.0. The first-order chi connectivity index (χ1) is 10.7. The Morgan fingerprint density at radius 2 is 1.86 bits per heavy atom. The number of rotatable bonds is 2. The highest BCUT2D eigenvalue weighted by Crippen LogP contribution is 2.36. The summed E-state index contributed by atoms with van der Waals surface area (Å²) < 4.78 is 1.10. The number of aryl methyl sites for hydroxylation is 2. The summed E-state index contributed by atoms with van der Waals surface area (Å²) in [5.41, 5.74) is 7.36. The van der Waals surface area contributed by atoms with Gasteiger partial charge in [0.25, 0.3) is 0 Å². The summed E-state index contributed by atoms with van der Waals surface area (Å²) in [6, 6.07) is 14.9.